The van der Waals surface area contributed by atoms with Crippen molar-refractivity contribution in [1.29, 1.82) is 0 Å². The van der Waals surface area contributed by atoms with E-state index in [1.807, 2.05) is 0 Å². The summed E-state index contributed by atoms with van der Waals surface area (Å²) in [7, 11) is 0. The molecule has 0 N–H and O–H groups in total. The minimum Gasteiger partial charge on any atom is -0.466 e. The van der Waals surface area contributed by atoms with Gasteiger partial charge in [-0.2, -0.15) is 0 Å². The smallest absolute Gasteiger partial charge is 0.310 e. The van der Waals surface area contributed by atoms with Crippen LogP contribution in [0.5, 0.6) is 0 Å². The van der Waals surface area contributed by atoms with Crippen molar-refractivity contribution in [2.24, 2.45) is 5.92 Å². The van der Waals surface area contributed by atoms with Gasteiger partial charge < -0.3 is 9.64 Å². The first-order valence-corrected chi connectivity index (χ1v) is 8.85. The number of likely N-dealkylation sites (tertiary alicyclic amines) is 1. The lowest BCUT2D eigenvalue weighted by molar-refractivity contribution is -0.151. The van der Waals surface area contributed by atoms with E-state index in [4.69, 9.17) is 4.74 Å². The monoisotopic (exact) mass is 349 g/mol. The number of hydrogen-bond acceptors (Lipinski definition) is 6. The third kappa shape index (κ3) is 3.33. The SMILES string of the molecule is CCOC(=O)[C@H]1CCCN(C(=O)Cn2cnc3sccc3c2=O)C1. The molecule has 1 amide bonds. The maximum absolute atomic E-state index is 12.5. The number of thiophene rings is 1. The van der Waals surface area contributed by atoms with Crippen LogP contribution in [-0.2, 0) is 20.9 Å². The van der Waals surface area contributed by atoms with Gasteiger partial charge in [0.1, 0.15) is 11.4 Å². The molecular weight excluding hydrogens is 330 g/mol. The van der Waals surface area contributed by atoms with Gasteiger partial charge in [-0.05, 0) is 31.2 Å². The summed E-state index contributed by atoms with van der Waals surface area (Å²) in [5, 5.41) is 2.33. The van der Waals surface area contributed by atoms with Gasteiger partial charge in [-0.25, -0.2) is 4.98 Å². The van der Waals surface area contributed by atoms with Crippen LogP contribution >= 0.6 is 11.3 Å². The van der Waals surface area contributed by atoms with Crippen LogP contribution in [0.3, 0.4) is 0 Å². The Morgan fingerprint density at radius 2 is 2.29 bits per heavy atom. The maximum atomic E-state index is 12.5. The average Bonchev–Trinajstić information content (AvgIpc) is 3.07. The van der Waals surface area contributed by atoms with E-state index in [9.17, 15) is 14.4 Å². The van der Waals surface area contributed by atoms with E-state index in [-0.39, 0.29) is 29.9 Å². The first-order valence-electron chi connectivity index (χ1n) is 7.97. The van der Waals surface area contributed by atoms with Gasteiger partial charge in [-0.15, -0.1) is 11.3 Å². The van der Waals surface area contributed by atoms with Crippen LogP contribution in [0.1, 0.15) is 19.8 Å². The van der Waals surface area contributed by atoms with Gasteiger partial charge in [0.15, 0.2) is 0 Å². The summed E-state index contributed by atoms with van der Waals surface area (Å²) in [6.07, 6.45) is 2.89. The van der Waals surface area contributed by atoms with Gasteiger partial charge in [-0.1, -0.05) is 0 Å². The van der Waals surface area contributed by atoms with Gasteiger partial charge in [0, 0.05) is 13.1 Å². The Labute approximate surface area is 142 Å². The van der Waals surface area contributed by atoms with E-state index < -0.39 is 0 Å². The molecule has 0 saturated carbocycles. The Kier molecular flexibility index (Phi) is 4.94. The summed E-state index contributed by atoms with van der Waals surface area (Å²) in [6, 6.07) is 1.72. The molecular formula is C16H19N3O4S. The highest BCUT2D eigenvalue weighted by molar-refractivity contribution is 7.16. The van der Waals surface area contributed by atoms with Crippen molar-refractivity contribution in [3.8, 4) is 0 Å². The fourth-order valence-corrected chi connectivity index (χ4v) is 3.63. The lowest BCUT2D eigenvalue weighted by atomic mass is 9.98. The van der Waals surface area contributed by atoms with Crippen molar-refractivity contribution in [2.75, 3.05) is 19.7 Å². The Balaban J connectivity index is 1.70. The second kappa shape index (κ2) is 7.12. The molecule has 7 nitrogen and oxygen atoms in total. The lowest BCUT2D eigenvalue weighted by Gasteiger charge is -2.31. The van der Waals surface area contributed by atoms with Crippen molar-refractivity contribution in [3.63, 3.8) is 0 Å². The van der Waals surface area contributed by atoms with Gasteiger partial charge in [0.2, 0.25) is 5.91 Å². The number of fused-ring (bicyclic) bond motifs is 1. The fraction of sp³-hybridized carbons (Fsp3) is 0.500. The number of carbonyl (C=O) groups is 2. The number of piperidine rings is 1. The zero-order chi connectivity index (χ0) is 17.1. The molecule has 0 unspecified atom stereocenters. The second-order valence-corrected chi connectivity index (χ2v) is 6.64. The van der Waals surface area contributed by atoms with Crippen molar-refractivity contribution in [3.05, 3.63) is 28.1 Å². The molecule has 128 valence electrons. The van der Waals surface area contributed by atoms with Crippen LogP contribution in [0.25, 0.3) is 10.2 Å². The van der Waals surface area contributed by atoms with E-state index in [0.717, 1.165) is 12.8 Å². The Bertz CT molecular complexity index is 813. The van der Waals surface area contributed by atoms with Crippen molar-refractivity contribution < 1.29 is 14.3 Å². The molecule has 2 aromatic rings. The molecule has 8 heteroatoms. The Hall–Kier alpha value is -2.22. The van der Waals surface area contributed by atoms with E-state index in [1.54, 1.807) is 23.3 Å². The second-order valence-electron chi connectivity index (χ2n) is 5.75. The third-order valence-corrected chi connectivity index (χ3v) is 4.97. The lowest BCUT2D eigenvalue weighted by Crippen LogP contribution is -2.45. The number of aromatic nitrogens is 2. The van der Waals surface area contributed by atoms with Gasteiger partial charge in [0.25, 0.3) is 5.56 Å². The highest BCUT2D eigenvalue weighted by Crippen LogP contribution is 2.18. The minimum absolute atomic E-state index is 0.0623. The van der Waals surface area contributed by atoms with Crippen LogP contribution in [0.2, 0.25) is 0 Å². The summed E-state index contributed by atoms with van der Waals surface area (Å²) in [5.41, 5.74) is -0.214. The van der Waals surface area contributed by atoms with Crippen molar-refractivity contribution in [2.45, 2.75) is 26.3 Å². The molecule has 24 heavy (non-hydrogen) atoms. The minimum atomic E-state index is -0.281. The van der Waals surface area contributed by atoms with Crippen LogP contribution in [0.4, 0.5) is 0 Å². The standard InChI is InChI=1S/C16H19N3O4S/c1-2-23-16(22)11-4-3-6-18(8-11)13(20)9-19-10-17-14-12(15(19)21)5-7-24-14/h5,7,10-11H,2-4,6,8-9H2,1H3/t11-/m0/s1. The molecule has 0 bridgehead atoms. The molecule has 1 atom stereocenters. The molecule has 1 aliphatic rings. The zero-order valence-corrected chi connectivity index (χ0v) is 14.3. The highest BCUT2D eigenvalue weighted by Gasteiger charge is 2.29. The van der Waals surface area contributed by atoms with Gasteiger partial charge >= 0.3 is 5.97 Å². The molecule has 0 radical (unpaired) electrons. The summed E-state index contributed by atoms with van der Waals surface area (Å²) in [6.45, 7) is 2.99. The van der Waals surface area contributed by atoms with Crippen LogP contribution in [0.15, 0.2) is 22.6 Å². The number of hydrogen-bond donors (Lipinski definition) is 0. The molecule has 1 saturated heterocycles. The highest BCUT2D eigenvalue weighted by atomic mass is 32.1. The predicted molar refractivity (Wildman–Crippen MR) is 89.8 cm³/mol. The topological polar surface area (TPSA) is 81.5 Å². The summed E-state index contributed by atoms with van der Waals surface area (Å²) in [5.74, 6) is -0.715. The number of carbonyl (C=O) groups excluding carboxylic acids is 2. The number of nitrogens with zero attached hydrogens (tertiary/aromatic N) is 3. The first-order chi connectivity index (χ1) is 11.6. The molecule has 0 aromatic carbocycles. The molecule has 2 aromatic heterocycles. The quantitative estimate of drug-likeness (QED) is 0.776. The summed E-state index contributed by atoms with van der Waals surface area (Å²) >= 11 is 1.39. The Morgan fingerprint density at radius 1 is 1.46 bits per heavy atom. The molecule has 1 aliphatic heterocycles. The average molecular weight is 349 g/mol. The summed E-state index contributed by atoms with van der Waals surface area (Å²) in [4.78, 5) is 43.2. The van der Waals surface area contributed by atoms with E-state index >= 15 is 0 Å². The van der Waals surface area contributed by atoms with Gasteiger partial charge in [-0.3, -0.25) is 19.0 Å². The number of rotatable bonds is 4. The Morgan fingerprint density at radius 3 is 3.08 bits per heavy atom. The van der Waals surface area contributed by atoms with E-state index in [1.165, 1.54) is 22.2 Å². The van der Waals surface area contributed by atoms with Gasteiger partial charge in [0.05, 0.1) is 24.2 Å². The van der Waals surface area contributed by atoms with Crippen LogP contribution in [0, 0.1) is 5.92 Å². The van der Waals surface area contributed by atoms with Crippen LogP contribution < -0.4 is 5.56 Å². The molecule has 3 heterocycles. The third-order valence-electron chi connectivity index (χ3n) is 4.15. The van der Waals surface area contributed by atoms with Crippen molar-refractivity contribution in [1.82, 2.24) is 14.5 Å². The zero-order valence-electron chi connectivity index (χ0n) is 13.4. The van der Waals surface area contributed by atoms with E-state index in [2.05, 4.69) is 4.98 Å². The maximum Gasteiger partial charge on any atom is 0.310 e. The number of esters is 1. The molecule has 0 spiro atoms. The first kappa shape index (κ1) is 16.6. The number of amides is 1. The normalized spacial score (nSPS) is 17.9. The summed E-state index contributed by atoms with van der Waals surface area (Å²) < 4.78 is 6.37. The van der Waals surface area contributed by atoms with E-state index in [0.29, 0.717) is 29.9 Å². The largest absolute Gasteiger partial charge is 0.466 e. The molecule has 0 aliphatic carbocycles. The molecule has 1 fully saturated rings. The number of ether oxygens (including phenoxy) is 1. The molecule has 3 rings (SSSR count). The van der Waals surface area contributed by atoms with Crippen molar-refractivity contribution >= 4 is 33.4 Å². The fourth-order valence-electron chi connectivity index (χ4n) is 2.91. The predicted octanol–water partition coefficient (Wildman–Crippen LogP) is 1.26. The van der Waals surface area contributed by atoms with Crippen LogP contribution in [-0.4, -0.2) is 46.0 Å².